The summed E-state index contributed by atoms with van der Waals surface area (Å²) in [4.78, 5) is 26.4. The zero-order valence-electron chi connectivity index (χ0n) is 17.8. The molecule has 1 N–H and O–H groups in total. The van der Waals surface area contributed by atoms with Gasteiger partial charge in [-0.25, -0.2) is 4.79 Å². The summed E-state index contributed by atoms with van der Waals surface area (Å²) >= 11 is 8.89. The maximum atomic E-state index is 12.7. The molecule has 1 aromatic carbocycles. The number of hydrogen-bond acceptors (Lipinski definition) is 7. The summed E-state index contributed by atoms with van der Waals surface area (Å²) < 4.78 is 7.18. The predicted octanol–water partition coefficient (Wildman–Crippen LogP) is 5.08. The molecule has 3 aromatic rings. The van der Waals surface area contributed by atoms with Crippen LogP contribution in [0.1, 0.15) is 41.1 Å². The molecule has 0 spiro atoms. The first-order chi connectivity index (χ1) is 15.5. The van der Waals surface area contributed by atoms with Gasteiger partial charge in [0.2, 0.25) is 5.91 Å². The summed E-state index contributed by atoms with van der Waals surface area (Å²) in [6, 6.07) is 7.44. The molecule has 0 atom stereocenters. The minimum Gasteiger partial charge on any atom is -0.462 e. The van der Waals surface area contributed by atoms with E-state index in [1.165, 1.54) is 23.1 Å². The van der Waals surface area contributed by atoms with Crippen molar-refractivity contribution in [3.05, 3.63) is 45.3 Å². The fourth-order valence-electron chi connectivity index (χ4n) is 3.73. The van der Waals surface area contributed by atoms with Crippen molar-refractivity contribution in [2.75, 3.05) is 17.7 Å². The summed E-state index contributed by atoms with van der Waals surface area (Å²) in [5, 5.41) is 13.3. The highest BCUT2D eigenvalue weighted by Gasteiger charge is 2.28. The molecule has 1 aliphatic carbocycles. The molecule has 0 bridgehead atoms. The van der Waals surface area contributed by atoms with Crippen molar-refractivity contribution >= 4 is 51.6 Å². The Morgan fingerprint density at radius 2 is 2.12 bits per heavy atom. The summed E-state index contributed by atoms with van der Waals surface area (Å²) in [6.07, 6.45) is 2.80. The molecular weight excluding hydrogens is 468 g/mol. The smallest absolute Gasteiger partial charge is 0.341 e. The number of nitrogens with zero attached hydrogens (tertiary/aromatic N) is 3. The second-order valence-electron chi connectivity index (χ2n) is 7.18. The number of esters is 1. The summed E-state index contributed by atoms with van der Waals surface area (Å²) in [6.45, 7) is 4.74. The van der Waals surface area contributed by atoms with Crippen molar-refractivity contribution in [3.63, 3.8) is 0 Å². The van der Waals surface area contributed by atoms with Crippen molar-refractivity contribution in [2.45, 2.75) is 44.8 Å². The van der Waals surface area contributed by atoms with E-state index < -0.39 is 0 Å². The zero-order valence-corrected chi connectivity index (χ0v) is 20.2. The van der Waals surface area contributed by atoms with Crippen LogP contribution in [0.25, 0.3) is 11.4 Å². The van der Waals surface area contributed by atoms with Gasteiger partial charge in [0.15, 0.2) is 11.0 Å². The number of carbonyl (C=O) groups excluding carboxylic acids is 2. The van der Waals surface area contributed by atoms with E-state index in [0.29, 0.717) is 39.7 Å². The lowest BCUT2D eigenvalue weighted by Gasteiger charge is -2.09. The van der Waals surface area contributed by atoms with Gasteiger partial charge in [0.25, 0.3) is 0 Å². The van der Waals surface area contributed by atoms with Crippen LogP contribution in [0.3, 0.4) is 0 Å². The number of benzene rings is 1. The van der Waals surface area contributed by atoms with E-state index in [0.717, 1.165) is 35.3 Å². The largest absolute Gasteiger partial charge is 0.462 e. The highest BCUT2D eigenvalue weighted by Crippen LogP contribution is 2.39. The lowest BCUT2D eigenvalue weighted by Crippen LogP contribution is -2.17. The molecule has 32 heavy (non-hydrogen) atoms. The van der Waals surface area contributed by atoms with Crippen molar-refractivity contribution in [1.29, 1.82) is 0 Å². The second-order valence-corrected chi connectivity index (χ2v) is 9.66. The first-order valence-corrected chi connectivity index (χ1v) is 12.6. The number of rotatable bonds is 8. The van der Waals surface area contributed by atoms with Crippen LogP contribution in [0, 0.1) is 0 Å². The molecule has 4 rings (SSSR count). The summed E-state index contributed by atoms with van der Waals surface area (Å²) in [7, 11) is 0. The summed E-state index contributed by atoms with van der Waals surface area (Å²) in [5.74, 6) is 0.290. The molecular formula is C22H23ClN4O3S2. The quantitative estimate of drug-likeness (QED) is 0.350. The molecule has 0 radical (unpaired) electrons. The molecule has 0 saturated heterocycles. The zero-order chi connectivity index (χ0) is 22.7. The van der Waals surface area contributed by atoms with Crippen LogP contribution >= 0.6 is 34.7 Å². The van der Waals surface area contributed by atoms with E-state index in [4.69, 9.17) is 16.3 Å². The monoisotopic (exact) mass is 490 g/mol. The average Bonchev–Trinajstić information content (AvgIpc) is 3.46. The molecule has 0 saturated carbocycles. The molecule has 0 fully saturated rings. The van der Waals surface area contributed by atoms with Gasteiger partial charge in [0, 0.05) is 22.0 Å². The van der Waals surface area contributed by atoms with Gasteiger partial charge in [-0.2, -0.15) is 0 Å². The van der Waals surface area contributed by atoms with Crippen molar-refractivity contribution in [3.8, 4) is 11.4 Å². The van der Waals surface area contributed by atoms with Crippen molar-refractivity contribution in [2.24, 2.45) is 0 Å². The topological polar surface area (TPSA) is 86.1 Å². The Hall–Kier alpha value is -2.36. The number of nitrogens with one attached hydrogen (secondary N) is 1. The number of carbonyl (C=O) groups is 2. The van der Waals surface area contributed by atoms with Gasteiger partial charge < -0.3 is 14.6 Å². The van der Waals surface area contributed by atoms with Gasteiger partial charge in [0.1, 0.15) is 5.00 Å². The Morgan fingerprint density at radius 3 is 2.88 bits per heavy atom. The van der Waals surface area contributed by atoms with Gasteiger partial charge in [0.05, 0.1) is 17.9 Å². The maximum absolute atomic E-state index is 12.7. The molecule has 168 valence electrons. The third-order valence-corrected chi connectivity index (χ3v) is 7.51. The van der Waals surface area contributed by atoms with E-state index in [2.05, 4.69) is 15.5 Å². The number of ether oxygens (including phenoxy) is 1. The van der Waals surface area contributed by atoms with Gasteiger partial charge in [-0.1, -0.05) is 35.5 Å². The van der Waals surface area contributed by atoms with Crippen LogP contribution in [-0.4, -0.2) is 39.0 Å². The lowest BCUT2D eigenvalue weighted by atomic mass is 10.1. The maximum Gasteiger partial charge on any atom is 0.341 e. The number of thiophene rings is 1. The van der Waals surface area contributed by atoms with E-state index in [1.54, 1.807) is 6.92 Å². The molecule has 1 aliphatic rings. The number of anilines is 1. The third kappa shape index (κ3) is 4.69. The highest BCUT2D eigenvalue weighted by molar-refractivity contribution is 7.99. The Kier molecular flexibility index (Phi) is 7.17. The molecule has 1 amide bonds. The molecule has 0 aliphatic heterocycles. The number of thioether (sulfide) groups is 1. The molecule has 7 nitrogen and oxygen atoms in total. The average molecular weight is 491 g/mol. The van der Waals surface area contributed by atoms with Crippen LogP contribution in [0.2, 0.25) is 5.02 Å². The minimum atomic E-state index is -0.369. The summed E-state index contributed by atoms with van der Waals surface area (Å²) in [5.41, 5.74) is 2.41. The van der Waals surface area contributed by atoms with Crippen molar-refractivity contribution < 1.29 is 14.3 Å². The number of aryl methyl sites for hydroxylation is 1. The van der Waals surface area contributed by atoms with E-state index in [-0.39, 0.29) is 17.6 Å². The molecule has 2 aromatic heterocycles. The SMILES string of the molecule is CCOC(=O)c1c(NC(=O)CSc2nnc(-c3cccc(Cl)c3)n2CC)sc2c1CCC2. The van der Waals surface area contributed by atoms with Gasteiger partial charge in [-0.05, 0) is 50.8 Å². The Labute approximate surface area is 199 Å². The number of amides is 1. The number of halogens is 1. The Balaban J connectivity index is 1.47. The fraction of sp³-hybridized carbons (Fsp3) is 0.364. The van der Waals surface area contributed by atoms with Crippen LogP contribution in [0.4, 0.5) is 5.00 Å². The van der Waals surface area contributed by atoms with Gasteiger partial charge in [-0.3, -0.25) is 4.79 Å². The fourth-order valence-corrected chi connectivity index (χ4v) is 6.01. The molecule has 0 unspecified atom stereocenters. The van der Waals surface area contributed by atoms with Crippen LogP contribution in [0.5, 0.6) is 0 Å². The van der Waals surface area contributed by atoms with Crippen LogP contribution in [0.15, 0.2) is 29.4 Å². The Bertz CT molecular complexity index is 1160. The van der Waals surface area contributed by atoms with E-state index >= 15 is 0 Å². The van der Waals surface area contributed by atoms with Crippen LogP contribution < -0.4 is 5.32 Å². The molecule has 10 heteroatoms. The first kappa shape index (κ1) is 22.8. The van der Waals surface area contributed by atoms with E-state index in [9.17, 15) is 9.59 Å². The standard InChI is InChI=1S/C22H23ClN4O3S2/c1-3-27-19(13-7-5-8-14(23)11-13)25-26-22(27)31-12-17(28)24-20-18(21(29)30-4-2)15-9-6-10-16(15)32-20/h5,7-8,11H,3-4,6,9-10,12H2,1-2H3,(H,24,28). The van der Waals surface area contributed by atoms with Gasteiger partial charge >= 0.3 is 5.97 Å². The Morgan fingerprint density at radius 1 is 1.28 bits per heavy atom. The predicted molar refractivity (Wildman–Crippen MR) is 128 cm³/mol. The third-order valence-electron chi connectivity index (χ3n) is 5.10. The minimum absolute atomic E-state index is 0.151. The first-order valence-electron chi connectivity index (χ1n) is 10.4. The highest BCUT2D eigenvalue weighted by atomic mass is 35.5. The second kappa shape index (κ2) is 10.1. The van der Waals surface area contributed by atoms with Crippen LogP contribution in [-0.2, 0) is 28.9 Å². The van der Waals surface area contributed by atoms with E-state index in [1.807, 2.05) is 35.8 Å². The number of fused-ring (bicyclic) bond motifs is 1. The van der Waals surface area contributed by atoms with Crippen molar-refractivity contribution in [1.82, 2.24) is 14.8 Å². The lowest BCUT2D eigenvalue weighted by molar-refractivity contribution is -0.113. The van der Waals surface area contributed by atoms with Gasteiger partial charge in [-0.15, -0.1) is 21.5 Å². The normalized spacial score (nSPS) is 12.6. The number of hydrogen-bond donors (Lipinski definition) is 1. The molecule has 2 heterocycles. The number of aromatic nitrogens is 3.